The van der Waals surface area contributed by atoms with Crippen molar-refractivity contribution in [2.75, 3.05) is 32.8 Å². The number of carbonyl (C=O) groups is 2. The Morgan fingerprint density at radius 1 is 1.05 bits per heavy atom. The van der Waals surface area contributed by atoms with Gasteiger partial charge in [-0.05, 0) is 19.0 Å². The van der Waals surface area contributed by atoms with E-state index in [1.54, 1.807) is 0 Å². The first kappa shape index (κ1) is 17.6. The van der Waals surface area contributed by atoms with Gasteiger partial charge in [-0.25, -0.2) is 9.59 Å². The van der Waals surface area contributed by atoms with Gasteiger partial charge in [0.15, 0.2) is 0 Å². The van der Waals surface area contributed by atoms with Crippen LogP contribution in [0.5, 0.6) is 0 Å². The van der Waals surface area contributed by atoms with Gasteiger partial charge in [0.05, 0.1) is 6.61 Å². The van der Waals surface area contributed by atoms with Gasteiger partial charge >= 0.3 is 11.9 Å². The predicted octanol–water partition coefficient (Wildman–Crippen LogP) is 1.63. The fraction of sp³-hybridized carbons (Fsp3) is 0.714. The van der Waals surface area contributed by atoms with Gasteiger partial charge in [0.25, 0.3) is 0 Å². The van der Waals surface area contributed by atoms with Crippen LogP contribution in [0, 0.1) is 5.92 Å². The van der Waals surface area contributed by atoms with Crippen molar-refractivity contribution in [1.82, 2.24) is 4.90 Å². The summed E-state index contributed by atoms with van der Waals surface area (Å²) in [7, 11) is 0. The number of esters is 2. The summed E-state index contributed by atoms with van der Waals surface area (Å²) in [5.41, 5.74) is 0. The fourth-order valence-electron chi connectivity index (χ4n) is 1.30. The number of ether oxygens (including phenoxy) is 2. The summed E-state index contributed by atoms with van der Waals surface area (Å²) in [6.07, 6.45) is 2.20. The quantitative estimate of drug-likeness (QED) is 0.471. The van der Waals surface area contributed by atoms with Gasteiger partial charge in [0, 0.05) is 18.7 Å². The van der Waals surface area contributed by atoms with Crippen molar-refractivity contribution < 1.29 is 19.1 Å². The molecule has 0 aliphatic heterocycles. The maximum Gasteiger partial charge on any atom is 0.331 e. The smallest absolute Gasteiger partial charge is 0.331 e. The molecule has 0 saturated carbocycles. The van der Waals surface area contributed by atoms with E-state index in [9.17, 15) is 9.59 Å². The molecule has 0 atom stereocenters. The number of likely N-dealkylation sites (N-methyl/N-ethyl adjacent to an activating group) is 1. The Morgan fingerprint density at radius 2 is 1.58 bits per heavy atom. The van der Waals surface area contributed by atoms with Gasteiger partial charge in [0.2, 0.25) is 0 Å². The zero-order valence-corrected chi connectivity index (χ0v) is 12.3. The van der Waals surface area contributed by atoms with E-state index in [2.05, 4.69) is 18.7 Å². The van der Waals surface area contributed by atoms with Crippen molar-refractivity contribution in [2.45, 2.75) is 27.7 Å². The summed E-state index contributed by atoms with van der Waals surface area (Å²) in [6.45, 7) is 11.2. The van der Waals surface area contributed by atoms with Gasteiger partial charge in [-0.1, -0.05) is 27.7 Å². The van der Waals surface area contributed by atoms with Crippen LogP contribution in [0.15, 0.2) is 12.2 Å². The standard InChI is InChI=1S/C14H25NO4/c1-5-15(6-2)9-10-18-13(16)7-8-14(17)19-11-12(3)4/h7-8,12H,5-6,9-11H2,1-4H3/b8-7+. The minimum Gasteiger partial charge on any atom is -0.462 e. The lowest BCUT2D eigenvalue weighted by Gasteiger charge is -2.16. The van der Waals surface area contributed by atoms with Gasteiger partial charge in [-0.3, -0.25) is 0 Å². The van der Waals surface area contributed by atoms with Crippen molar-refractivity contribution in [3.63, 3.8) is 0 Å². The van der Waals surface area contributed by atoms with Crippen LogP contribution in [0.4, 0.5) is 0 Å². The third-order valence-corrected chi connectivity index (χ3v) is 2.46. The van der Waals surface area contributed by atoms with E-state index in [0.717, 1.165) is 25.2 Å². The van der Waals surface area contributed by atoms with Crippen molar-refractivity contribution in [3.8, 4) is 0 Å². The average molecular weight is 271 g/mol. The molecule has 0 N–H and O–H groups in total. The lowest BCUT2D eigenvalue weighted by atomic mass is 10.2. The molecule has 0 aromatic rings. The minimum absolute atomic E-state index is 0.276. The van der Waals surface area contributed by atoms with Crippen molar-refractivity contribution in [2.24, 2.45) is 5.92 Å². The first-order chi connectivity index (χ1) is 8.99. The van der Waals surface area contributed by atoms with E-state index in [4.69, 9.17) is 9.47 Å². The molecule has 0 unspecified atom stereocenters. The molecule has 110 valence electrons. The van der Waals surface area contributed by atoms with Crippen LogP contribution in [0.3, 0.4) is 0 Å². The summed E-state index contributed by atoms with van der Waals surface area (Å²) >= 11 is 0. The van der Waals surface area contributed by atoms with Crippen molar-refractivity contribution in [1.29, 1.82) is 0 Å². The molecule has 0 heterocycles. The molecule has 0 aromatic heterocycles. The Labute approximate surface area is 115 Å². The highest BCUT2D eigenvalue weighted by atomic mass is 16.5. The van der Waals surface area contributed by atoms with E-state index in [0.29, 0.717) is 19.8 Å². The van der Waals surface area contributed by atoms with E-state index >= 15 is 0 Å². The Morgan fingerprint density at radius 3 is 2.05 bits per heavy atom. The number of hydrogen-bond donors (Lipinski definition) is 0. The maximum atomic E-state index is 11.3. The van der Waals surface area contributed by atoms with Crippen LogP contribution in [0.1, 0.15) is 27.7 Å². The van der Waals surface area contributed by atoms with Crippen LogP contribution in [-0.2, 0) is 19.1 Å². The van der Waals surface area contributed by atoms with Gasteiger partial charge in [-0.2, -0.15) is 0 Å². The Kier molecular flexibility index (Phi) is 9.80. The van der Waals surface area contributed by atoms with E-state index in [1.807, 2.05) is 13.8 Å². The molecular formula is C14H25NO4. The minimum atomic E-state index is -0.520. The normalized spacial score (nSPS) is 11.3. The molecular weight excluding hydrogens is 246 g/mol. The Balaban J connectivity index is 3.81. The zero-order valence-electron chi connectivity index (χ0n) is 12.3. The second kappa shape index (κ2) is 10.6. The largest absolute Gasteiger partial charge is 0.462 e. The van der Waals surface area contributed by atoms with Gasteiger partial charge < -0.3 is 14.4 Å². The van der Waals surface area contributed by atoms with Gasteiger partial charge in [0.1, 0.15) is 6.61 Å². The Hall–Kier alpha value is -1.36. The molecule has 0 bridgehead atoms. The van der Waals surface area contributed by atoms with Crippen LogP contribution in [0.25, 0.3) is 0 Å². The fourth-order valence-corrected chi connectivity index (χ4v) is 1.30. The molecule has 0 rings (SSSR count). The predicted molar refractivity (Wildman–Crippen MR) is 73.7 cm³/mol. The molecule has 0 spiro atoms. The average Bonchev–Trinajstić information content (AvgIpc) is 2.39. The van der Waals surface area contributed by atoms with E-state index < -0.39 is 11.9 Å². The number of rotatable bonds is 9. The van der Waals surface area contributed by atoms with Crippen LogP contribution < -0.4 is 0 Å². The molecule has 0 fully saturated rings. The summed E-state index contributed by atoms with van der Waals surface area (Å²) in [5, 5.41) is 0. The third-order valence-electron chi connectivity index (χ3n) is 2.46. The molecule has 5 nitrogen and oxygen atoms in total. The summed E-state index contributed by atoms with van der Waals surface area (Å²) in [4.78, 5) is 24.7. The van der Waals surface area contributed by atoms with Crippen LogP contribution in [0.2, 0.25) is 0 Å². The lowest BCUT2D eigenvalue weighted by Crippen LogP contribution is -2.27. The SMILES string of the molecule is CCN(CC)CCOC(=O)/C=C/C(=O)OCC(C)C. The lowest BCUT2D eigenvalue weighted by molar-refractivity contribution is -0.141. The highest BCUT2D eigenvalue weighted by molar-refractivity contribution is 5.91. The van der Waals surface area contributed by atoms with E-state index in [-0.39, 0.29) is 5.92 Å². The highest BCUT2D eigenvalue weighted by Gasteiger charge is 2.04. The summed E-state index contributed by atoms with van der Waals surface area (Å²) < 4.78 is 9.87. The van der Waals surface area contributed by atoms with Crippen molar-refractivity contribution >= 4 is 11.9 Å². The molecule has 0 radical (unpaired) electrons. The second-order valence-electron chi connectivity index (χ2n) is 4.55. The van der Waals surface area contributed by atoms with Gasteiger partial charge in [-0.15, -0.1) is 0 Å². The number of carbonyl (C=O) groups excluding carboxylic acids is 2. The maximum absolute atomic E-state index is 11.3. The zero-order chi connectivity index (χ0) is 14.7. The molecule has 5 heteroatoms. The van der Waals surface area contributed by atoms with E-state index in [1.165, 1.54) is 0 Å². The molecule has 0 aliphatic rings. The monoisotopic (exact) mass is 271 g/mol. The number of hydrogen-bond acceptors (Lipinski definition) is 5. The second-order valence-corrected chi connectivity index (χ2v) is 4.55. The summed E-state index contributed by atoms with van der Waals surface area (Å²) in [6, 6.07) is 0. The molecule has 0 saturated heterocycles. The first-order valence-electron chi connectivity index (χ1n) is 6.73. The number of nitrogens with zero attached hydrogens (tertiary/aromatic N) is 1. The topological polar surface area (TPSA) is 55.8 Å². The highest BCUT2D eigenvalue weighted by Crippen LogP contribution is 1.94. The molecule has 0 aliphatic carbocycles. The first-order valence-corrected chi connectivity index (χ1v) is 6.73. The Bertz CT molecular complexity index is 296. The molecule has 0 amide bonds. The summed E-state index contributed by atoms with van der Waals surface area (Å²) in [5.74, 6) is -0.763. The molecule has 19 heavy (non-hydrogen) atoms. The molecule has 0 aromatic carbocycles. The van der Waals surface area contributed by atoms with Crippen molar-refractivity contribution in [3.05, 3.63) is 12.2 Å². The third kappa shape index (κ3) is 10.3. The van der Waals surface area contributed by atoms with Crippen LogP contribution >= 0.6 is 0 Å². The van der Waals surface area contributed by atoms with Crippen LogP contribution in [-0.4, -0.2) is 49.7 Å².